The van der Waals surface area contributed by atoms with Crippen molar-refractivity contribution in [3.63, 3.8) is 0 Å². The molecule has 1 rings (SSSR count). The molecule has 9 heavy (non-hydrogen) atoms. The Morgan fingerprint density at radius 1 is 1.56 bits per heavy atom. The average molecular weight is 126 g/mol. The number of carbonyl (C=O) groups is 1. The molecule has 0 radical (unpaired) electrons. The van der Waals surface area contributed by atoms with Crippen molar-refractivity contribution >= 4 is 5.78 Å². The standard InChI is InChI=1S/C7H10O2/c8-7-4-2-1-3-5-9-6-7/h2,4H,1,3,5-6H2/b4-2-. The topological polar surface area (TPSA) is 26.3 Å². The van der Waals surface area contributed by atoms with Gasteiger partial charge in [-0.2, -0.15) is 0 Å². The molecule has 0 saturated heterocycles. The summed E-state index contributed by atoms with van der Waals surface area (Å²) < 4.78 is 4.99. The fourth-order valence-corrected chi connectivity index (χ4v) is 0.739. The summed E-state index contributed by atoms with van der Waals surface area (Å²) in [6, 6.07) is 0. The van der Waals surface area contributed by atoms with Crippen LogP contribution in [0.5, 0.6) is 0 Å². The molecule has 0 unspecified atom stereocenters. The second kappa shape index (κ2) is 3.41. The van der Waals surface area contributed by atoms with Crippen LogP contribution in [0.1, 0.15) is 12.8 Å². The lowest BCUT2D eigenvalue weighted by molar-refractivity contribution is -0.119. The number of ketones is 1. The lowest BCUT2D eigenvalue weighted by Crippen LogP contribution is -2.08. The van der Waals surface area contributed by atoms with Crippen LogP contribution in [0.15, 0.2) is 12.2 Å². The fourth-order valence-electron chi connectivity index (χ4n) is 0.739. The minimum atomic E-state index is 0.0784. The van der Waals surface area contributed by atoms with Gasteiger partial charge in [-0.1, -0.05) is 6.08 Å². The minimum absolute atomic E-state index is 0.0784. The summed E-state index contributed by atoms with van der Waals surface area (Å²) in [5.74, 6) is 0.0784. The maximum absolute atomic E-state index is 10.6. The number of rotatable bonds is 0. The molecule has 0 aromatic carbocycles. The number of hydrogen-bond donors (Lipinski definition) is 0. The highest BCUT2D eigenvalue weighted by Gasteiger charge is 1.98. The molecule has 50 valence electrons. The lowest BCUT2D eigenvalue weighted by Gasteiger charge is -2.02. The Kier molecular flexibility index (Phi) is 2.46. The van der Waals surface area contributed by atoms with E-state index in [1.807, 2.05) is 6.08 Å². The highest BCUT2D eigenvalue weighted by Crippen LogP contribution is 1.96. The molecule has 0 aromatic heterocycles. The molecule has 0 bridgehead atoms. The zero-order valence-corrected chi connectivity index (χ0v) is 5.30. The molecule has 0 N–H and O–H groups in total. The van der Waals surface area contributed by atoms with E-state index in [1.54, 1.807) is 6.08 Å². The van der Waals surface area contributed by atoms with Gasteiger partial charge in [-0.3, -0.25) is 4.79 Å². The molecule has 0 fully saturated rings. The van der Waals surface area contributed by atoms with Gasteiger partial charge in [-0.15, -0.1) is 0 Å². The molecule has 0 atom stereocenters. The monoisotopic (exact) mass is 126 g/mol. The van der Waals surface area contributed by atoms with Gasteiger partial charge >= 0.3 is 0 Å². The minimum Gasteiger partial charge on any atom is -0.373 e. The van der Waals surface area contributed by atoms with Gasteiger partial charge in [0.25, 0.3) is 0 Å². The van der Waals surface area contributed by atoms with E-state index in [2.05, 4.69) is 0 Å². The Morgan fingerprint density at radius 2 is 2.44 bits per heavy atom. The molecular formula is C7H10O2. The van der Waals surface area contributed by atoms with Crippen molar-refractivity contribution in [2.75, 3.05) is 13.2 Å². The zero-order chi connectivity index (χ0) is 6.53. The normalized spacial score (nSPS) is 24.7. The predicted molar refractivity (Wildman–Crippen MR) is 34.2 cm³/mol. The van der Waals surface area contributed by atoms with Gasteiger partial charge in [0.2, 0.25) is 0 Å². The molecule has 2 nitrogen and oxygen atoms in total. The average Bonchev–Trinajstić information content (AvgIpc) is 1.79. The molecule has 1 aliphatic heterocycles. The summed E-state index contributed by atoms with van der Waals surface area (Å²) in [6.45, 7) is 0.979. The van der Waals surface area contributed by atoms with Crippen LogP contribution in [0.3, 0.4) is 0 Å². The maximum Gasteiger partial charge on any atom is 0.180 e. The van der Waals surface area contributed by atoms with Crippen molar-refractivity contribution in [2.24, 2.45) is 0 Å². The van der Waals surface area contributed by atoms with Crippen LogP contribution < -0.4 is 0 Å². The van der Waals surface area contributed by atoms with Crippen LogP contribution >= 0.6 is 0 Å². The van der Waals surface area contributed by atoms with Crippen molar-refractivity contribution < 1.29 is 9.53 Å². The first kappa shape index (κ1) is 6.49. The van der Waals surface area contributed by atoms with E-state index in [1.165, 1.54) is 0 Å². The third-order valence-electron chi connectivity index (χ3n) is 1.21. The Bertz CT molecular complexity index is 127. The molecule has 0 spiro atoms. The zero-order valence-electron chi connectivity index (χ0n) is 5.30. The van der Waals surface area contributed by atoms with Gasteiger partial charge in [0, 0.05) is 6.61 Å². The van der Waals surface area contributed by atoms with E-state index in [0.717, 1.165) is 19.4 Å². The first-order valence-corrected chi connectivity index (χ1v) is 3.17. The van der Waals surface area contributed by atoms with Crippen LogP contribution in [0, 0.1) is 0 Å². The lowest BCUT2D eigenvalue weighted by atomic mass is 10.2. The van der Waals surface area contributed by atoms with E-state index < -0.39 is 0 Å². The summed E-state index contributed by atoms with van der Waals surface area (Å²) in [7, 11) is 0. The molecule has 0 aromatic rings. The highest BCUT2D eigenvalue weighted by molar-refractivity contribution is 5.90. The van der Waals surface area contributed by atoms with Crippen LogP contribution in [0.2, 0.25) is 0 Å². The van der Waals surface area contributed by atoms with Crippen LogP contribution in [0.4, 0.5) is 0 Å². The summed E-state index contributed by atoms with van der Waals surface area (Å²) in [5.41, 5.74) is 0. The fraction of sp³-hybridized carbons (Fsp3) is 0.571. The molecule has 2 heteroatoms. The Hall–Kier alpha value is -0.630. The Labute approximate surface area is 54.5 Å². The van der Waals surface area contributed by atoms with Crippen LogP contribution in [-0.2, 0) is 9.53 Å². The van der Waals surface area contributed by atoms with Gasteiger partial charge in [0.1, 0.15) is 6.61 Å². The summed E-state index contributed by atoms with van der Waals surface area (Å²) >= 11 is 0. The number of ether oxygens (including phenoxy) is 1. The van der Waals surface area contributed by atoms with Crippen molar-refractivity contribution in [3.8, 4) is 0 Å². The van der Waals surface area contributed by atoms with Crippen molar-refractivity contribution in [3.05, 3.63) is 12.2 Å². The number of hydrogen-bond acceptors (Lipinski definition) is 2. The third-order valence-corrected chi connectivity index (χ3v) is 1.21. The van der Waals surface area contributed by atoms with Crippen LogP contribution in [-0.4, -0.2) is 19.0 Å². The van der Waals surface area contributed by atoms with Gasteiger partial charge in [0.05, 0.1) is 0 Å². The first-order chi connectivity index (χ1) is 4.39. The Balaban J connectivity index is 2.39. The van der Waals surface area contributed by atoms with Gasteiger partial charge < -0.3 is 4.74 Å². The van der Waals surface area contributed by atoms with Gasteiger partial charge in [0.15, 0.2) is 5.78 Å². The van der Waals surface area contributed by atoms with Crippen molar-refractivity contribution in [1.82, 2.24) is 0 Å². The number of carbonyl (C=O) groups excluding carboxylic acids is 1. The van der Waals surface area contributed by atoms with Crippen molar-refractivity contribution in [2.45, 2.75) is 12.8 Å². The summed E-state index contributed by atoms with van der Waals surface area (Å²) in [6.07, 6.45) is 5.50. The Morgan fingerprint density at radius 3 is 3.33 bits per heavy atom. The number of allylic oxidation sites excluding steroid dienone is 1. The third kappa shape index (κ3) is 2.42. The largest absolute Gasteiger partial charge is 0.373 e. The second-order valence-corrected chi connectivity index (χ2v) is 2.06. The molecule has 0 aliphatic carbocycles. The van der Waals surface area contributed by atoms with E-state index in [0.29, 0.717) is 0 Å². The first-order valence-electron chi connectivity index (χ1n) is 3.17. The van der Waals surface area contributed by atoms with E-state index >= 15 is 0 Å². The quantitative estimate of drug-likeness (QED) is 0.482. The molecular weight excluding hydrogens is 116 g/mol. The smallest absolute Gasteiger partial charge is 0.180 e. The van der Waals surface area contributed by atoms with E-state index in [9.17, 15) is 4.79 Å². The van der Waals surface area contributed by atoms with Gasteiger partial charge in [-0.05, 0) is 18.9 Å². The maximum atomic E-state index is 10.6. The molecule has 0 amide bonds. The highest BCUT2D eigenvalue weighted by atomic mass is 16.5. The summed E-state index contributed by atoms with van der Waals surface area (Å²) in [5, 5.41) is 0. The molecule has 1 aliphatic rings. The SMILES string of the molecule is O=C1/C=C\CCCOC1. The van der Waals surface area contributed by atoms with Gasteiger partial charge in [-0.25, -0.2) is 0 Å². The van der Waals surface area contributed by atoms with E-state index in [4.69, 9.17) is 4.74 Å². The molecule has 0 saturated carbocycles. The predicted octanol–water partition coefficient (Wildman–Crippen LogP) is 0.922. The second-order valence-electron chi connectivity index (χ2n) is 2.06. The molecule has 1 heterocycles. The van der Waals surface area contributed by atoms with E-state index in [-0.39, 0.29) is 12.4 Å². The van der Waals surface area contributed by atoms with Crippen LogP contribution in [0.25, 0.3) is 0 Å². The van der Waals surface area contributed by atoms with Crippen molar-refractivity contribution in [1.29, 1.82) is 0 Å². The summed E-state index contributed by atoms with van der Waals surface area (Å²) in [4.78, 5) is 10.6.